The highest BCUT2D eigenvalue weighted by molar-refractivity contribution is 7.78. The molecule has 0 aromatic heterocycles. The van der Waals surface area contributed by atoms with E-state index in [1.54, 1.807) is 12.1 Å². The largest absolute Gasteiger partial charge is 0.772 e. The van der Waals surface area contributed by atoms with Gasteiger partial charge in [-0.25, -0.2) is 0 Å². The van der Waals surface area contributed by atoms with Gasteiger partial charge in [0.1, 0.15) is 17.8 Å². The van der Waals surface area contributed by atoms with Crippen LogP contribution in [-0.4, -0.2) is 15.0 Å². The van der Waals surface area contributed by atoms with Crippen LogP contribution in [0.5, 0.6) is 5.75 Å². The van der Waals surface area contributed by atoms with Gasteiger partial charge in [0.2, 0.25) is 0 Å². The van der Waals surface area contributed by atoms with E-state index in [-0.39, 0.29) is 5.75 Å². The molecule has 0 radical (unpaired) electrons. The summed E-state index contributed by atoms with van der Waals surface area (Å²) in [6.45, 7) is 2.10. The molecule has 0 N–H and O–H groups in total. The number of aryl methyl sites for hydroxylation is 1. The molecule has 4 nitrogen and oxygen atoms in total. The first-order valence-corrected chi connectivity index (χ1v) is 11.1. The minimum absolute atomic E-state index is 0.0364. The maximum atomic E-state index is 12.2. The molecule has 152 valence electrons. The summed E-state index contributed by atoms with van der Waals surface area (Å²) in [6.07, 6.45) is 1.89. The summed E-state index contributed by atoms with van der Waals surface area (Å²) in [5.41, 5.74) is 5.29. The van der Waals surface area contributed by atoms with Crippen molar-refractivity contribution in [1.29, 1.82) is 0 Å². The molecule has 1 aliphatic heterocycles. The topological polar surface area (TPSA) is 66.4 Å². The number of rotatable bonds is 6. The van der Waals surface area contributed by atoms with Gasteiger partial charge in [-0.05, 0) is 29.2 Å². The van der Waals surface area contributed by atoms with E-state index >= 15 is 0 Å². The molecule has 0 spiro atoms. The van der Waals surface area contributed by atoms with Crippen LogP contribution in [-0.2, 0) is 28.0 Å². The summed E-state index contributed by atoms with van der Waals surface area (Å²) in [5, 5.41) is 0. The molecule has 2 atom stereocenters. The Morgan fingerprint density at radius 1 is 0.933 bits per heavy atom. The van der Waals surface area contributed by atoms with Crippen LogP contribution in [0.25, 0.3) is 11.3 Å². The molecule has 0 saturated heterocycles. The van der Waals surface area contributed by atoms with Crippen LogP contribution >= 0.6 is 0 Å². The second kappa shape index (κ2) is 8.78. The van der Waals surface area contributed by atoms with Gasteiger partial charge in [-0.1, -0.05) is 84.7 Å². The number of carbonyl (C=O) groups is 1. The van der Waals surface area contributed by atoms with Crippen LogP contribution in [0.3, 0.4) is 0 Å². The number of hydrogen-bond donors (Lipinski definition) is 0. The number of aldehydes is 1. The summed E-state index contributed by atoms with van der Waals surface area (Å²) < 4.78 is 28.3. The normalized spacial score (nSPS) is 16.5. The molecule has 3 aromatic rings. The lowest BCUT2D eigenvalue weighted by Gasteiger charge is -2.28. The van der Waals surface area contributed by atoms with Crippen molar-refractivity contribution in [2.24, 2.45) is 0 Å². The van der Waals surface area contributed by atoms with Gasteiger partial charge in [-0.3, -0.25) is 4.21 Å². The van der Waals surface area contributed by atoms with E-state index in [1.165, 1.54) is 5.56 Å². The van der Waals surface area contributed by atoms with E-state index in [0.29, 0.717) is 17.1 Å². The Bertz CT molecular complexity index is 1110. The third-order valence-electron chi connectivity index (χ3n) is 5.33. The molecule has 30 heavy (non-hydrogen) atoms. The average molecular weight is 418 g/mol. The molecule has 0 bridgehead atoms. The van der Waals surface area contributed by atoms with Gasteiger partial charge < -0.3 is 14.1 Å². The van der Waals surface area contributed by atoms with Crippen LogP contribution in [0.1, 0.15) is 40.7 Å². The van der Waals surface area contributed by atoms with Crippen LogP contribution in [0, 0.1) is 0 Å². The third kappa shape index (κ3) is 3.99. The van der Waals surface area contributed by atoms with Gasteiger partial charge in [-0.2, -0.15) is 0 Å². The highest BCUT2D eigenvalue weighted by Crippen LogP contribution is 2.45. The fourth-order valence-electron chi connectivity index (χ4n) is 3.77. The van der Waals surface area contributed by atoms with Gasteiger partial charge in [0.25, 0.3) is 0 Å². The molecule has 3 aromatic carbocycles. The second-order valence-electron chi connectivity index (χ2n) is 7.19. The smallest absolute Gasteiger partial charge is 0.139 e. The summed E-state index contributed by atoms with van der Waals surface area (Å²) in [6, 6.07) is 23.0. The zero-order valence-electron chi connectivity index (χ0n) is 16.5. The number of benzene rings is 3. The summed E-state index contributed by atoms with van der Waals surface area (Å²) >= 11 is -2.14. The number of ether oxygens (including phenoxy) is 1. The van der Waals surface area contributed by atoms with Gasteiger partial charge in [0.05, 0.1) is 5.92 Å². The van der Waals surface area contributed by atoms with Crippen LogP contribution in [0.15, 0.2) is 72.8 Å². The van der Waals surface area contributed by atoms with Crippen molar-refractivity contribution in [3.8, 4) is 5.75 Å². The van der Waals surface area contributed by atoms with Crippen LogP contribution < -0.4 is 4.74 Å². The predicted octanol–water partition coefficient (Wildman–Crippen LogP) is 4.87. The van der Waals surface area contributed by atoms with E-state index in [4.69, 9.17) is 4.74 Å². The quantitative estimate of drug-likeness (QED) is 0.424. The van der Waals surface area contributed by atoms with Crippen LogP contribution in [0.4, 0.5) is 0 Å². The fourth-order valence-corrected chi connectivity index (χ4v) is 4.23. The third-order valence-corrected chi connectivity index (χ3v) is 5.90. The van der Waals surface area contributed by atoms with E-state index < -0.39 is 17.0 Å². The highest BCUT2D eigenvalue weighted by Gasteiger charge is 2.31. The molecule has 2 unspecified atom stereocenters. The number of para-hydroxylation sites is 1. The Kier molecular flexibility index (Phi) is 5.93. The Balaban J connectivity index is 1.87. The lowest BCUT2D eigenvalue weighted by atomic mass is 9.83. The second-order valence-corrected chi connectivity index (χ2v) is 8.09. The summed E-state index contributed by atoms with van der Waals surface area (Å²) in [4.78, 5) is 12.2. The van der Waals surface area contributed by atoms with Crippen LogP contribution in [0.2, 0.25) is 0 Å². The van der Waals surface area contributed by atoms with Gasteiger partial charge >= 0.3 is 0 Å². The Morgan fingerprint density at radius 3 is 2.20 bits per heavy atom. The standard InChI is InChI=1S/C25H22O4S/c1-2-17-7-11-19(12-8-17)24-22(15-26)21-5-3-4-6-23(21)29-25(24)20-13-9-18(10-14-20)16-30(27)28/h3-15,22H,2,16H2,1H3,(H,27,28)/p-1. The lowest BCUT2D eigenvalue weighted by Crippen LogP contribution is -2.15. The minimum Gasteiger partial charge on any atom is -0.772 e. The maximum Gasteiger partial charge on any atom is 0.139 e. The van der Waals surface area contributed by atoms with Crippen molar-refractivity contribution in [1.82, 2.24) is 0 Å². The summed E-state index contributed by atoms with van der Waals surface area (Å²) in [5.74, 6) is 0.782. The van der Waals surface area contributed by atoms with E-state index in [1.807, 2.05) is 48.5 Å². The molecule has 0 aliphatic carbocycles. The number of hydrogen-bond acceptors (Lipinski definition) is 4. The van der Waals surface area contributed by atoms with Gasteiger partial charge in [-0.15, -0.1) is 0 Å². The van der Waals surface area contributed by atoms with Crippen molar-refractivity contribution in [3.63, 3.8) is 0 Å². The van der Waals surface area contributed by atoms with Gasteiger partial charge in [0.15, 0.2) is 0 Å². The molecular weight excluding hydrogens is 396 g/mol. The number of fused-ring (bicyclic) bond motifs is 1. The molecule has 0 saturated carbocycles. The first-order valence-electron chi connectivity index (χ1n) is 9.81. The first kappa shape index (κ1) is 20.3. The number of allylic oxidation sites excluding steroid dienone is 1. The molecule has 4 rings (SSSR count). The molecule has 5 heteroatoms. The van der Waals surface area contributed by atoms with Crippen molar-refractivity contribution < 1.29 is 18.3 Å². The van der Waals surface area contributed by atoms with Crippen molar-refractivity contribution in [3.05, 3.63) is 101 Å². The monoisotopic (exact) mass is 417 g/mol. The Labute approximate surface area is 178 Å². The molecule has 0 fully saturated rings. The van der Waals surface area contributed by atoms with Crippen molar-refractivity contribution in [2.75, 3.05) is 0 Å². The molecule has 1 aliphatic rings. The highest BCUT2D eigenvalue weighted by atomic mass is 32.2. The predicted molar refractivity (Wildman–Crippen MR) is 118 cm³/mol. The Hall–Kier alpha value is -3.02. The summed E-state index contributed by atoms with van der Waals surface area (Å²) in [7, 11) is 0. The van der Waals surface area contributed by atoms with E-state index in [0.717, 1.165) is 35.0 Å². The van der Waals surface area contributed by atoms with Gasteiger partial charge in [0, 0.05) is 22.5 Å². The minimum atomic E-state index is -2.14. The van der Waals surface area contributed by atoms with Crippen molar-refractivity contribution >= 4 is 28.7 Å². The lowest BCUT2D eigenvalue weighted by molar-refractivity contribution is -0.108. The fraction of sp³-hybridized carbons (Fsp3) is 0.160. The SMILES string of the molecule is CCc1ccc(C2=C(c3ccc(CS(=O)[O-])cc3)Oc3ccccc3C2C=O)cc1. The first-order chi connectivity index (χ1) is 14.6. The average Bonchev–Trinajstić information content (AvgIpc) is 2.78. The molecule has 0 amide bonds. The molecule has 1 heterocycles. The zero-order chi connectivity index (χ0) is 21.1. The zero-order valence-corrected chi connectivity index (χ0v) is 17.4. The van der Waals surface area contributed by atoms with E-state index in [2.05, 4.69) is 19.1 Å². The molecular formula is C25H21O4S-. The Morgan fingerprint density at radius 2 is 1.57 bits per heavy atom. The van der Waals surface area contributed by atoms with Crippen molar-refractivity contribution in [2.45, 2.75) is 25.0 Å². The van der Waals surface area contributed by atoms with E-state index in [9.17, 15) is 13.6 Å². The number of carbonyl (C=O) groups excluding carboxylic acids is 1. The maximum absolute atomic E-state index is 12.2.